The molecule has 1 saturated heterocycles. The minimum Gasteiger partial charge on any atom is -0.339 e. The van der Waals surface area contributed by atoms with E-state index >= 15 is 0 Å². The summed E-state index contributed by atoms with van der Waals surface area (Å²) in [5, 5.41) is 0. The quantitative estimate of drug-likeness (QED) is 0.846. The molecule has 0 radical (unpaired) electrons. The van der Waals surface area contributed by atoms with Gasteiger partial charge in [-0.25, -0.2) is 4.39 Å². The van der Waals surface area contributed by atoms with Gasteiger partial charge in [0.15, 0.2) is 0 Å². The number of amides is 2. The monoisotopic (exact) mass is 344 g/mol. The van der Waals surface area contributed by atoms with Gasteiger partial charge in [0.2, 0.25) is 5.91 Å². The molecule has 1 aromatic rings. The minimum absolute atomic E-state index is 0.153. The number of fused-ring (bicyclic) bond motifs is 2. The minimum atomic E-state index is -0.398. The fraction of sp³-hybridized carbons (Fsp3) is 0.600. The van der Waals surface area contributed by atoms with Crippen molar-refractivity contribution in [2.24, 2.45) is 17.8 Å². The zero-order valence-electron chi connectivity index (χ0n) is 14.5. The number of piperazine rings is 1. The zero-order valence-corrected chi connectivity index (χ0v) is 14.5. The van der Waals surface area contributed by atoms with Crippen LogP contribution in [0.2, 0.25) is 0 Å². The third-order valence-corrected chi connectivity index (χ3v) is 6.31. The highest BCUT2D eigenvalue weighted by molar-refractivity contribution is 5.94. The van der Waals surface area contributed by atoms with Gasteiger partial charge >= 0.3 is 0 Å². The van der Waals surface area contributed by atoms with Gasteiger partial charge in [0.1, 0.15) is 5.82 Å². The van der Waals surface area contributed by atoms with Gasteiger partial charge in [-0.1, -0.05) is 12.5 Å². The van der Waals surface area contributed by atoms with E-state index in [2.05, 4.69) is 0 Å². The molecule has 0 unspecified atom stereocenters. The van der Waals surface area contributed by atoms with Crippen LogP contribution in [-0.4, -0.2) is 47.8 Å². The molecule has 0 N–H and O–H groups in total. The van der Waals surface area contributed by atoms with E-state index in [4.69, 9.17) is 0 Å². The van der Waals surface area contributed by atoms with Crippen LogP contribution in [0.1, 0.15) is 42.5 Å². The topological polar surface area (TPSA) is 40.6 Å². The van der Waals surface area contributed by atoms with Crippen molar-refractivity contribution < 1.29 is 14.0 Å². The predicted molar refractivity (Wildman–Crippen MR) is 92.4 cm³/mol. The first-order valence-corrected chi connectivity index (χ1v) is 9.43. The molecule has 5 heteroatoms. The molecule has 2 bridgehead atoms. The number of carbonyl (C=O) groups is 2. The summed E-state index contributed by atoms with van der Waals surface area (Å²) in [6.45, 7) is 2.22. The van der Waals surface area contributed by atoms with Crippen molar-refractivity contribution in [3.63, 3.8) is 0 Å². The van der Waals surface area contributed by atoms with Crippen molar-refractivity contribution in [1.29, 1.82) is 0 Å². The van der Waals surface area contributed by atoms with Crippen molar-refractivity contribution in [3.8, 4) is 0 Å². The van der Waals surface area contributed by atoms with E-state index in [-0.39, 0.29) is 11.8 Å². The maximum absolute atomic E-state index is 13.3. The normalized spacial score (nSPS) is 28.4. The van der Waals surface area contributed by atoms with Crippen molar-refractivity contribution in [3.05, 3.63) is 35.6 Å². The maximum atomic E-state index is 13.3. The van der Waals surface area contributed by atoms with Gasteiger partial charge in [0.25, 0.3) is 5.91 Å². The second-order valence-corrected chi connectivity index (χ2v) is 7.82. The standard InChI is InChI=1S/C20H25FN2O2/c21-18-3-1-2-16(12-18)20(25)23-8-6-22(7-9-23)19(24)13-17-11-14-4-5-15(17)10-14/h1-3,12,14-15,17H,4-11,13H2/t14-,15-,17+/m0/s1. The Kier molecular flexibility index (Phi) is 4.48. The van der Waals surface area contributed by atoms with Gasteiger partial charge in [0, 0.05) is 38.2 Å². The maximum Gasteiger partial charge on any atom is 0.254 e. The summed E-state index contributed by atoms with van der Waals surface area (Å²) in [6.07, 6.45) is 5.90. The Hall–Kier alpha value is -1.91. The van der Waals surface area contributed by atoms with Gasteiger partial charge < -0.3 is 9.80 Å². The largest absolute Gasteiger partial charge is 0.339 e. The second-order valence-electron chi connectivity index (χ2n) is 7.82. The molecule has 25 heavy (non-hydrogen) atoms. The third-order valence-electron chi connectivity index (χ3n) is 6.31. The summed E-state index contributed by atoms with van der Waals surface area (Å²) < 4.78 is 13.3. The number of nitrogens with zero attached hydrogens (tertiary/aromatic N) is 2. The molecule has 3 atom stereocenters. The van der Waals surface area contributed by atoms with Crippen LogP contribution in [0.25, 0.3) is 0 Å². The van der Waals surface area contributed by atoms with E-state index in [1.54, 1.807) is 17.0 Å². The summed E-state index contributed by atoms with van der Waals surface area (Å²) in [4.78, 5) is 28.7. The molecule has 2 amide bonds. The van der Waals surface area contributed by atoms with Crippen LogP contribution < -0.4 is 0 Å². The van der Waals surface area contributed by atoms with E-state index in [1.165, 1.54) is 37.8 Å². The lowest BCUT2D eigenvalue weighted by atomic mass is 9.86. The van der Waals surface area contributed by atoms with E-state index in [0.29, 0.717) is 44.1 Å². The Morgan fingerprint density at radius 2 is 1.80 bits per heavy atom. The van der Waals surface area contributed by atoms with Crippen LogP contribution in [0.3, 0.4) is 0 Å². The molecule has 3 fully saturated rings. The average molecular weight is 344 g/mol. The molecule has 0 aromatic heterocycles. The van der Waals surface area contributed by atoms with Gasteiger partial charge in [-0.2, -0.15) is 0 Å². The lowest BCUT2D eigenvalue weighted by molar-refractivity contribution is -0.134. The van der Waals surface area contributed by atoms with E-state index < -0.39 is 5.82 Å². The zero-order chi connectivity index (χ0) is 17.4. The van der Waals surface area contributed by atoms with Crippen LogP contribution in [0.15, 0.2) is 24.3 Å². The molecule has 2 saturated carbocycles. The van der Waals surface area contributed by atoms with Crippen LogP contribution in [0.5, 0.6) is 0 Å². The summed E-state index contributed by atoms with van der Waals surface area (Å²) in [6, 6.07) is 5.80. The van der Waals surface area contributed by atoms with E-state index in [0.717, 1.165) is 11.8 Å². The van der Waals surface area contributed by atoms with E-state index in [9.17, 15) is 14.0 Å². The highest BCUT2D eigenvalue weighted by atomic mass is 19.1. The Bertz CT molecular complexity index is 669. The van der Waals surface area contributed by atoms with Gasteiger partial charge in [-0.3, -0.25) is 9.59 Å². The number of benzene rings is 1. The first-order chi connectivity index (χ1) is 12.1. The summed E-state index contributed by atoms with van der Waals surface area (Å²) >= 11 is 0. The van der Waals surface area contributed by atoms with Crippen LogP contribution in [0, 0.1) is 23.6 Å². The summed E-state index contributed by atoms with van der Waals surface area (Å²) in [5.41, 5.74) is 0.377. The summed E-state index contributed by atoms with van der Waals surface area (Å²) in [5.74, 6) is 1.91. The van der Waals surface area contributed by atoms with Crippen LogP contribution in [0.4, 0.5) is 4.39 Å². The number of halogens is 1. The highest BCUT2D eigenvalue weighted by Crippen LogP contribution is 2.49. The molecule has 4 nitrogen and oxygen atoms in total. The second kappa shape index (κ2) is 6.77. The van der Waals surface area contributed by atoms with Crippen molar-refractivity contribution in [2.75, 3.05) is 26.2 Å². The molecule has 3 aliphatic rings. The predicted octanol–water partition coefficient (Wildman–Crippen LogP) is 2.94. The van der Waals surface area contributed by atoms with Crippen LogP contribution >= 0.6 is 0 Å². The van der Waals surface area contributed by atoms with Crippen molar-refractivity contribution >= 4 is 11.8 Å². The lowest BCUT2D eigenvalue weighted by Crippen LogP contribution is -2.51. The number of hydrogen-bond acceptors (Lipinski definition) is 2. The van der Waals surface area contributed by atoms with E-state index in [1.807, 2.05) is 4.90 Å². The first-order valence-electron chi connectivity index (χ1n) is 9.43. The molecule has 4 rings (SSSR count). The number of carbonyl (C=O) groups excluding carboxylic acids is 2. The average Bonchev–Trinajstić information content (AvgIpc) is 3.24. The SMILES string of the molecule is O=C(C[C@H]1C[C@H]2CC[C@H]1C2)N1CCN(C(=O)c2cccc(F)c2)CC1. The molecule has 2 aliphatic carbocycles. The molecule has 1 heterocycles. The fourth-order valence-electron chi connectivity index (χ4n) is 4.94. The van der Waals surface area contributed by atoms with Gasteiger partial charge in [-0.05, 0) is 55.2 Å². The fourth-order valence-corrected chi connectivity index (χ4v) is 4.94. The molecular formula is C20H25FN2O2. The molecular weight excluding hydrogens is 319 g/mol. The summed E-state index contributed by atoms with van der Waals surface area (Å²) in [7, 11) is 0. The third kappa shape index (κ3) is 3.42. The van der Waals surface area contributed by atoms with Gasteiger partial charge in [0.05, 0.1) is 0 Å². The Labute approximate surface area is 148 Å². The molecule has 1 aliphatic heterocycles. The Morgan fingerprint density at radius 1 is 1.04 bits per heavy atom. The molecule has 0 spiro atoms. The Morgan fingerprint density at radius 3 is 2.44 bits per heavy atom. The van der Waals surface area contributed by atoms with Crippen molar-refractivity contribution in [2.45, 2.75) is 32.1 Å². The van der Waals surface area contributed by atoms with Crippen LogP contribution in [-0.2, 0) is 4.79 Å². The number of hydrogen-bond donors (Lipinski definition) is 0. The smallest absolute Gasteiger partial charge is 0.254 e. The highest BCUT2D eigenvalue weighted by Gasteiger charge is 2.40. The number of rotatable bonds is 3. The molecule has 134 valence electrons. The first kappa shape index (κ1) is 16.6. The van der Waals surface area contributed by atoms with Crippen molar-refractivity contribution in [1.82, 2.24) is 9.80 Å². The van der Waals surface area contributed by atoms with Gasteiger partial charge in [-0.15, -0.1) is 0 Å². The Balaban J connectivity index is 1.29. The lowest BCUT2D eigenvalue weighted by Gasteiger charge is -2.35. The molecule has 1 aromatic carbocycles.